The van der Waals surface area contributed by atoms with Crippen LogP contribution in [0, 0.1) is 0 Å². The molecule has 0 aliphatic carbocycles. The number of benzene rings is 1. The highest BCUT2D eigenvalue weighted by atomic mass is 32.1. The SMILES string of the molecule is O=C(CCNC(=O)c1ccsc1)NCc1ccc(C(F)(F)F)cc1. The number of hydrogen-bond donors (Lipinski definition) is 2. The van der Waals surface area contributed by atoms with Gasteiger partial charge in [-0.15, -0.1) is 0 Å². The average Bonchev–Trinajstić information content (AvgIpc) is 3.07. The summed E-state index contributed by atoms with van der Waals surface area (Å²) in [7, 11) is 0. The Morgan fingerprint density at radius 3 is 2.33 bits per heavy atom. The molecule has 2 rings (SSSR count). The van der Waals surface area contributed by atoms with Crippen molar-refractivity contribution >= 4 is 23.2 Å². The molecule has 0 atom stereocenters. The Bertz CT molecular complexity index is 682. The molecule has 0 radical (unpaired) electrons. The summed E-state index contributed by atoms with van der Waals surface area (Å²) in [4.78, 5) is 23.3. The van der Waals surface area contributed by atoms with Crippen LogP contribution in [-0.4, -0.2) is 18.4 Å². The molecule has 4 nitrogen and oxygen atoms in total. The summed E-state index contributed by atoms with van der Waals surface area (Å²) >= 11 is 1.41. The first-order valence-electron chi connectivity index (χ1n) is 7.09. The molecule has 8 heteroatoms. The molecule has 1 aromatic carbocycles. The van der Waals surface area contributed by atoms with E-state index in [1.54, 1.807) is 16.8 Å². The van der Waals surface area contributed by atoms with E-state index in [9.17, 15) is 22.8 Å². The second kappa shape index (κ2) is 7.96. The zero-order valence-electron chi connectivity index (χ0n) is 12.5. The second-order valence-corrected chi connectivity index (χ2v) is 5.77. The molecule has 0 bridgehead atoms. The van der Waals surface area contributed by atoms with Gasteiger partial charge in [0.1, 0.15) is 0 Å². The highest BCUT2D eigenvalue weighted by Gasteiger charge is 2.29. The molecule has 0 saturated carbocycles. The predicted octanol–water partition coefficient (Wildman–Crippen LogP) is 3.20. The number of carbonyl (C=O) groups is 2. The minimum absolute atomic E-state index is 0.0938. The van der Waals surface area contributed by atoms with Gasteiger partial charge >= 0.3 is 6.18 Å². The zero-order chi connectivity index (χ0) is 17.6. The number of carbonyl (C=O) groups excluding carboxylic acids is 2. The van der Waals surface area contributed by atoms with Crippen LogP contribution in [0.1, 0.15) is 27.9 Å². The molecule has 0 aliphatic heterocycles. The second-order valence-electron chi connectivity index (χ2n) is 4.99. The van der Waals surface area contributed by atoms with E-state index in [-0.39, 0.29) is 31.3 Å². The van der Waals surface area contributed by atoms with E-state index in [1.807, 2.05) is 0 Å². The zero-order valence-corrected chi connectivity index (χ0v) is 13.3. The fourth-order valence-electron chi connectivity index (χ4n) is 1.89. The van der Waals surface area contributed by atoms with Crippen molar-refractivity contribution in [2.75, 3.05) is 6.54 Å². The highest BCUT2D eigenvalue weighted by molar-refractivity contribution is 7.08. The maximum absolute atomic E-state index is 12.4. The van der Waals surface area contributed by atoms with E-state index in [0.29, 0.717) is 11.1 Å². The van der Waals surface area contributed by atoms with E-state index in [2.05, 4.69) is 10.6 Å². The summed E-state index contributed by atoms with van der Waals surface area (Å²) in [5, 5.41) is 8.71. The van der Waals surface area contributed by atoms with E-state index in [0.717, 1.165) is 12.1 Å². The molecule has 1 heterocycles. The molecule has 2 N–H and O–H groups in total. The fourth-order valence-corrected chi connectivity index (χ4v) is 2.52. The molecule has 0 unspecified atom stereocenters. The monoisotopic (exact) mass is 356 g/mol. The van der Waals surface area contributed by atoms with Crippen molar-refractivity contribution in [1.29, 1.82) is 0 Å². The number of amides is 2. The largest absolute Gasteiger partial charge is 0.416 e. The van der Waals surface area contributed by atoms with Crippen LogP contribution in [0.4, 0.5) is 13.2 Å². The van der Waals surface area contributed by atoms with Gasteiger partial charge in [-0.2, -0.15) is 24.5 Å². The third-order valence-electron chi connectivity index (χ3n) is 3.19. The van der Waals surface area contributed by atoms with Gasteiger partial charge in [-0.25, -0.2) is 0 Å². The first-order chi connectivity index (χ1) is 11.4. The minimum Gasteiger partial charge on any atom is -0.352 e. The smallest absolute Gasteiger partial charge is 0.352 e. The van der Waals surface area contributed by atoms with Crippen LogP contribution in [0.2, 0.25) is 0 Å². The molecule has 128 valence electrons. The summed E-state index contributed by atoms with van der Waals surface area (Å²) in [5.41, 5.74) is 0.387. The third kappa shape index (κ3) is 5.38. The number of thiophene rings is 1. The Kier molecular flexibility index (Phi) is 5.97. The van der Waals surface area contributed by atoms with Gasteiger partial charge in [-0.3, -0.25) is 9.59 Å². The Morgan fingerprint density at radius 2 is 1.75 bits per heavy atom. The maximum atomic E-state index is 12.4. The van der Waals surface area contributed by atoms with Crippen molar-refractivity contribution < 1.29 is 22.8 Å². The normalized spacial score (nSPS) is 11.1. The number of nitrogens with one attached hydrogen (secondary N) is 2. The van der Waals surface area contributed by atoms with Gasteiger partial charge in [0.25, 0.3) is 5.91 Å². The fraction of sp³-hybridized carbons (Fsp3) is 0.250. The van der Waals surface area contributed by atoms with Gasteiger partial charge in [0.2, 0.25) is 5.91 Å². The van der Waals surface area contributed by atoms with E-state index < -0.39 is 11.7 Å². The Balaban J connectivity index is 1.70. The Labute approximate surface area is 140 Å². The first-order valence-corrected chi connectivity index (χ1v) is 8.04. The van der Waals surface area contributed by atoms with Crippen LogP contribution in [0.25, 0.3) is 0 Å². The van der Waals surface area contributed by atoms with Gasteiger partial charge in [-0.1, -0.05) is 12.1 Å². The topological polar surface area (TPSA) is 58.2 Å². The predicted molar refractivity (Wildman–Crippen MR) is 84.6 cm³/mol. The molecule has 0 aliphatic rings. The van der Waals surface area contributed by atoms with E-state index >= 15 is 0 Å². The van der Waals surface area contributed by atoms with Crippen LogP contribution < -0.4 is 10.6 Å². The molecule has 2 amide bonds. The maximum Gasteiger partial charge on any atom is 0.416 e. The van der Waals surface area contributed by atoms with E-state index in [1.165, 1.54) is 23.5 Å². The molecule has 0 fully saturated rings. The summed E-state index contributed by atoms with van der Waals surface area (Å²) in [5.74, 6) is -0.535. The Morgan fingerprint density at radius 1 is 1.04 bits per heavy atom. The molecular formula is C16H15F3N2O2S. The number of alkyl halides is 3. The molecule has 24 heavy (non-hydrogen) atoms. The Hall–Kier alpha value is -2.35. The number of hydrogen-bond acceptors (Lipinski definition) is 3. The lowest BCUT2D eigenvalue weighted by Crippen LogP contribution is -2.30. The quantitative estimate of drug-likeness (QED) is 0.835. The molecule has 1 aromatic heterocycles. The number of halogens is 3. The summed E-state index contributed by atoms with van der Waals surface area (Å²) in [6.07, 6.45) is -4.28. The van der Waals surface area contributed by atoms with Crippen molar-refractivity contribution in [2.24, 2.45) is 0 Å². The summed E-state index contributed by atoms with van der Waals surface area (Å²) < 4.78 is 37.3. The van der Waals surface area contributed by atoms with Crippen molar-refractivity contribution in [3.05, 3.63) is 57.8 Å². The molecule has 2 aromatic rings. The standard InChI is InChI=1S/C16H15F3N2O2S/c17-16(18,19)13-3-1-11(2-4-13)9-21-14(22)5-7-20-15(23)12-6-8-24-10-12/h1-4,6,8,10H,5,7,9H2,(H,20,23)(H,21,22). The van der Waals surface area contributed by atoms with Crippen LogP contribution in [0.15, 0.2) is 41.1 Å². The summed E-state index contributed by atoms with van der Waals surface area (Å²) in [6, 6.07) is 6.28. The third-order valence-corrected chi connectivity index (χ3v) is 3.88. The molecule has 0 spiro atoms. The van der Waals surface area contributed by atoms with Gasteiger partial charge in [-0.05, 0) is 29.1 Å². The van der Waals surface area contributed by atoms with E-state index in [4.69, 9.17) is 0 Å². The van der Waals surface area contributed by atoms with Crippen molar-refractivity contribution in [3.63, 3.8) is 0 Å². The van der Waals surface area contributed by atoms with Gasteiger partial charge in [0.15, 0.2) is 0 Å². The van der Waals surface area contributed by atoms with Crippen LogP contribution >= 0.6 is 11.3 Å². The average molecular weight is 356 g/mol. The van der Waals surface area contributed by atoms with Gasteiger partial charge < -0.3 is 10.6 Å². The lowest BCUT2D eigenvalue weighted by Gasteiger charge is -2.09. The van der Waals surface area contributed by atoms with Crippen molar-refractivity contribution in [3.8, 4) is 0 Å². The lowest BCUT2D eigenvalue weighted by atomic mass is 10.1. The molecule has 0 saturated heterocycles. The van der Waals surface area contributed by atoms with Crippen LogP contribution in [-0.2, 0) is 17.5 Å². The van der Waals surface area contributed by atoms with Crippen LogP contribution in [0.3, 0.4) is 0 Å². The summed E-state index contributed by atoms with van der Waals surface area (Å²) in [6.45, 7) is 0.322. The number of rotatable bonds is 6. The van der Waals surface area contributed by atoms with Gasteiger partial charge in [0, 0.05) is 30.5 Å². The molecular weight excluding hydrogens is 341 g/mol. The first kappa shape index (κ1) is 18.0. The van der Waals surface area contributed by atoms with Gasteiger partial charge in [0.05, 0.1) is 5.56 Å². The van der Waals surface area contributed by atoms with Crippen molar-refractivity contribution in [2.45, 2.75) is 19.1 Å². The highest BCUT2D eigenvalue weighted by Crippen LogP contribution is 2.28. The minimum atomic E-state index is -4.37. The van der Waals surface area contributed by atoms with Crippen LogP contribution in [0.5, 0.6) is 0 Å². The lowest BCUT2D eigenvalue weighted by molar-refractivity contribution is -0.137. The van der Waals surface area contributed by atoms with Crippen molar-refractivity contribution in [1.82, 2.24) is 10.6 Å².